The minimum absolute atomic E-state index is 0.00338. The number of amides is 2. The van der Waals surface area contributed by atoms with Gasteiger partial charge in [-0.15, -0.1) is 11.3 Å². The number of nitrogens with two attached hydrogens (primary N) is 1. The van der Waals surface area contributed by atoms with Gasteiger partial charge in [-0.2, -0.15) is 0 Å². The average Bonchev–Trinajstić information content (AvgIpc) is 3.03. The highest BCUT2D eigenvalue weighted by atomic mass is 32.1. The van der Waals surface area contributed by atoms with Gasteiger partial charge in [0.1, 0.15) is 5.00 Å². The molecule has 3 N–H and O–H groups in total. The van der Waals surface area contributed by atoms with Gasteiger partial charge in [0.05, 0.1) is 5.56 Å². The van der Waals surface area contributed by atoms with Crippen LogP contribution in [-0.2, 0) is 15.0 Å². The molecule has 1 aromatic heterocycles. The fourth-order valence-electron chi connectivity index (χ4n) is 4.28. The maximum atomic E-state index is 12.9. The third kappa shape index (κ3) is 4.82. The quantitative estimate of drug-likeness (QED) is 0.738. The predicted molar refractivity (Wildman–Crippen MR) is 121 cm³/mol. The molecule has 1 aromatic carbocycles. The van der Waals surface area contributed by atoms with Gasteiger partial charge in [-0.25, -0.2) is 0 Å². The van der Waals surface area contributed by atoms with Gasteiger partial charge in [-0.3, -0.25) is 9.59 Å². The van der Waals surface area contributed by atoms with E-state index in [0.717, 1.165) is 23.3 Å². The second-order valence-electron chi connectivity index (χ2n) is 9.23. The fraction of sp³-hybridized carbons (Fsp3) is 0.458. The minimum Gasteiger partial charge on any atom is -0.550 e. The summed E-state index contributed by atoms with van der Waals surface area (Å²) in [6.07, 6.45) is 2.47. The monoisotopic (exact) mass is 441 g/mol. The third-order valence-corrected chi connectivity index (χ3v) is 7.03. The van der Waals surface area contributed by atoms with Crippen LogP contribution in [0.15, 0.2) is 24.3 Å². The number of anilines is 1. The van der Waals surface area contributed by atoms with Gasteiger partial charge >= 0.3 is 0 Å². The molecule has 31 heavy (non-hydrogen) atoms. The SMILES string of the molecule is Cc1sc(NC(=O)C2CCCCC2C(=O)[O-])c(C(N)=O)c1-c1ccc(C(C)(C)C)cc1. The second kappa shape index (κ2) is 8.83. The third-order valence-electron chi connectivity index (χ3n) is 6.01. The normalized spacial score (nSPS) is 19.1. The van der Waals surface area contributed by atoms with E-state index < -0.39 is 29.6 Å². The average molecular weight is 442 g/mol. The number of aryl methyl sites for hydroxylation is 1. The summed E-state index contributed by atoms with van der Waals surface area (Å²) in [4.78, 5) is 37.6. The van der Waals surface area contributed by atoms with Crippen molar-refractivity contribution in [3.8, 4) is 11.1 Å². The summed E-state index contributed by atoms with van der Waals surface area (Å²) in [6, 6.07) is 7.98. The number of carboxylic acid groups (broad SMARTS) is 1. The van der Waals surface area contributed by atoms with Crippen LogP contribution in [0.25, 0.3) is 11.1 Å². The largest absolute Gasteiger partial charge is 0.550 e. The van der Waals surface area contributed by atoms with Crippen LogP contribution in [0, 0.1) is 18.8 Å². The van der Waals surface area contributed by atoms with E-state index >= 15 is 0 Å². The highest BCUT2D eigenvalue weighted by Gasteiger charge is 2.33. The molecular formula is C24H29N2O4S-. The van der Waals surface area contributed by atoms with Crippen molar-refractivity contribution in [1.82, 2.24) is 0 Å². The Bertz CT molecular complexity index is 1000. The zero-order chi connectivity index (χ0) is 22.9. The van der Waals surface area contributed by atoms with E-state index in [1.807, 2.05) is 31.2 Å². The Hall–Kier alpha value is -2.67. The van der Waals surface area contributed by atoms with Gasteiger partial charge in [0.15, 0.2) is 0 Å². The predicted octanol–water partition coefficient (Wildman–Crippen LogP) is 3.61. The molecule has 1 fully saturated rings. The Kier molecular flexibility index (Phi) is 6.55. The molecule has 3 rings (SSSR count). The number of primary amides is 1. The summed E-state index contributed by atoms with van der Waals surface area (Å²) in [5.41, 5.74) is 8.70. The summed E-state index contributed by atoms with van der Waals surface area (Å²) in [7, 11) is 0. The van der Waals surface area contributed by atoms with E-state index in [2.05, 4.69) is 26.1 Å². The molecule has 7 heteroatoms. The van der Waals surface area contributed by atoms with Crippen molar-refractivity contribution < 1.29 is 19.5 Å². The molecule has 6 nitrogen and oxygen atoms in total. The lowest BCUT2D eigenvalue weighted by Crippen LogP contribution is -2.42. The zero-order valence-electron chi connectivity index (χ0n) is 18.4. The van der Waals surface area contributed by atoms with E-state index in [-0.39, 0.29) is 11.0 Å². The Morgan fingerprint density at radius 1 is 1.06 bits per heavy atom. The zero-order valence-corrected chi connectivity index (χ0v) is 19.2. The van der Waals surface area contributed by atoms with E-state index in [9.17, 15) is 19.5 Å². The van der Waals surface area contributed by atoms with Gasteiger partial charge in [-0.1, -0.05) is 57.9 Å². The topological polar surface area (TPSA) is 112 Å². The van der Waals surface area contributed by atoms with Crippen molar-refractivity contribution in [3.63, 3.8) is 0 Å². The minimum atomic E-state index is -1.20. The summed E-state index contributed by atoms with van der Waals surface area (Å²) in [5, 5.41) is 14.6. The Morgan fingerprint density at radius 2 is 1.65 bits per heavy atom. The molecule has 2 aromatic rings. The number of carboxylic acids is 1. The van der Waals surface area contributed by atoms with Gasteiger partial charge in [0, 0.05) is 28.2 Å². The Balaban J connectivity index is 1.95. The molecule has 2 atom stereocenters. The van der Waals surface area contributed by atoms with Crippen LogP contribution >= 0.6 is 11.3 Å². The molecule has 1 heterocycles. The van der Waals surface area contributed by atoms with Crippen LogP contribution < -0.4 is 16.2 Å². The number of aliphatic carboxylic acids is 1. The first kappa shape index (κ1) is 23.0. The molecule has 0 aliphatic heterocycles. The first-order valence-corrected chi connectivity index (χ1v) is 11.4. The van der Waals surface area contributed by atoms with Crippen LogP contribution in [-0.4, -0.2) is 17.8 Å². The molecule has 1 saturated carbocycles. The van der Waals surface area contributed by atoms with Crippen molar-refractivity contribution >= 4 is 34.1 Å². The summed E-state index contributed by atoms with van der Waals surface area (Å²) >= 11 is 1.28. The number of nitrogens with one attached hydrogen (secondary N) is 1. The van der Waals surface area contributed by atoms with E-state index in [1.54, 1.807) is 0 Å². The van der Waals surface area contributed by atoms with Crippen LogP contribution in [0.1, 0.15) is 67.3 Å². The van der Waals surface area contributed by atoms with Gasteiger partial charge < -0.3 is 21.0 Å². The molecule has 2 amide bonds. The lowest BCUT2D eigenvalue weighted by molar-refractivity contribution is -0.313. The Morgan fingerprint density at radius 3 is 2.16 bits per heavy atom. The molecule has 0 radical (unpaired) electrons. The summed E-state index contributed by atoms with van der Waals surface area (Å²) in [5.74, 6) is -3.70. The lowest BCUT2D eigenvalue weighted by Gasteiger charge is -2.31. The molecule has 166 valence electrons. The van der Waals surface area contributed by atoms with Crippen molar-refractivity contribution in [2.45, 2.75) is 58.8 Å². The van der Waals surface area contributed by atoms with Crippen molar-refractivity contribution in [1.29, 1.82) is 0 Å². The number of hydrogen-bond donors (Lipinski definition) is 2. The molecule has 0 bridgehead atoms. The summed E-state index contributed by atoms with van der Waals surface area (Å²) < 4.78 is 0. The van der Waals surface area contributed by atoms with E-state index in [4.69, 9.17) is 5.73 Å². The van der Waals surface area contributed by atoms with Gasteiger partial charge in [0.25, 0.3) is 5.91 Å². The number of hydrogen-bond acceptors (Lipinski definition) is 5. The first-order chi connectivity index (χ1) is 14.5. The molecule has 2 unspecified atom stereocenters. The highest BCUT2D eigenvalue weighted by molar-refractivity contribution is 7.17. The van der Waals surface area contributed by atoms with Crippen LogP contribution in [0.2, 0.25) is 0 Å². The van der Waals surface area contributed by atoms with Crippen LogP contribution in [0.5, 0.6) is 0 Å². The number of thiophene rings is 1. The lowest BCUT2D eigenvalue weighted by atomic mass is 9.78. The molecule has 0 spiro atoms. The molecular weight excluding hydrogens is 412 g/mol. The highest BCUT2D eigenvalue weighted by Crippen LogP contribution is 2.41. The fourth-order valence-corrected chi connectivity index (χ4v) is 5.37. The van der Waals surface area contributed by atoms with Crippen molar-refractivity contribution in [2.75, 3.05) is 5.32 Å². The summed E-state index contributed by atoms with van der Waals surface area (Å²) in [6.45, 7) is 8.27. The van der Waals surface area contributed by atoms with E-state index in [1.165, 1.54) is 16.9 Å². The standard InChI is InChI=1S/C24H30N2O4S/c1-13-18(14-9-11-15(12-10-14)24(2,3)4)19(20(25)27)22(31-13)26-21(28)16-7-5-6-8-17(16)23(29)30/h9-12,16-17H,5-8H2,1-4H3,(H2,25,27)(H,26,28)(H,29,30)/p-1. The smallest absolute Gasteiger partial charge is 0.252 e. The number of carbonyl (C=O) groups excluding carboxylic acids is 3. The molecule has 1 aliphatic rings. The number of carbonyl (C=O) groups is 3. The Labute approximate surface area is 186 Å². The first-order valence-electron chi connectivity index (χ1n) is 10.6. The van der Waals surface area contributed by atoms with Crippen LogP contribution in [0.4, 0.5) is 5.00 Å². The number of benzene rings is 1. The van der Waals surface area contributed by atoms with Crippen LogP contribution in [0.3, 0.4) is 0 Å². The maximum absolute atomic E-state index is 12.9. The van der Waals surface area contributed by atoms with Crippen molar-refractivity contribution in [2.24, 2.45) is 17.6 Å². The van der Waals surface area contributed by atoms with Gasteiger partial charge in [-0.05, 0) is 36.3 Å². The second-order valence-corrected chi connectivity index (χ2v) is 10.5. The van der Waals surface area contributed by atoms with Gasteiger partial charge in [0.2, 0.25) is 5.91 Å². The van der Waals surface area contributed by atoms with E-state index in [0.29, 0.717) is 23.4 Å². The maximum Gasteiger partial charge on any atom is 0.252 e. The molecule has 0 saturated heterocycles. The number of rotatable bonds is 5. The van der Waals surface area contributed by atoms with Crippen molar-refractivity contribution in [3.05, 3.63) is 40.3 Å². The molecule has 1 aliphatic carbocycles.